The van der Waals surface area contributed by atoms with Crippen LogP contribution in [0, 0.1) is 6.92 Å². The Balaban J connectivity index is 0.000000671. The summed E-state index contributed by atoms with van der Waals surface area (Å²) in [6, 6.07) is 8.39. The fraction of sp³-hybridized carbons (Fsp3) is 0.231. The molecule has 0 heterocycles. The van der Waals surface area contributed by atoms with Gasteiger partial charge in [0.25, 0.3) is 0 Å². The van der Waals surface area contributed by atoms with E-state index < -0.39 is 0 Å². The molecule has 1 aromatic rings. The second kappa shape index (κ2) is 7.35. The van der Waals surface area contributed by atoms with Crippen LogP contribution in [0.5, 0.6) is 0 Å². The van der Waals surface area contributed by atoms with Crippen molar-refractivity contribution in [3.05, 3.63) is 54.1 Å². The Bertz CT molecular complexity index is 252. The van der Waals surface area contributed by atoms with E-state index in [1.54, 1.807) is 6.08 Å². The molecular weight excluding hydrogens is 156 g/mol. The van der Waals surface area contributed by atoms with Gasteiger partial charge in [-0.15, -0.1) is 0 Å². The summed E-state index contributed by atoms with van der Waals surface area (Å²) in [6.45, 7) is 9.69. The third-order valence-corrected chi connectivity index (χ3v) is 1.50. The molecule has 0 atom stereocenters. The predicted molar refractivity (Wildman–Crippen MR) is 61.8 cm³/mol. The Hall–Kier alpha value is -1.30. The Morgan fingerprint density at radius 1 is 1.08 bits per heavy atom. The molecule has 0 aromatic heterocycles. The van der Waals surface area contributed by atoms with Crippen molar-refractivity contribution >= 4 is 6.08 Å². The molecule has 13 heavy (non-hydrogen) atoms. The smallest absolute Gasteiger partial charge is 0.0256 e. The van der Waals surface area contributed by atoms with Crippen LogP contribution in [0.1, 0.15) is 25.0 Å². The average Bonchev–Trinajstić information content (AvgIpc) is 2.20. The van der Waals surface area contributed by atoms with Gasteiger partial charge in [-0.05, 0) is 12.5 Å². The van der Waals surface area contributed by atoms with E-state index >= 15 is 0 Å². The summed E-state index contributed by atoms with van der Waals surface area (Å²) in [4.78, 5) is 0. The van der Waals surface area contributed by atoms with Gasteiger partial charge >= 0.3 is 0 Å². The van der Waals surface area contributed by atoms with Crippen LogP contribution in [0.4, 0.5) is 0 Å². The highest BCUT2D eigenvalue weighted by atomic mass is 13.9. The van der Waals surface area contributed by atoms with Crippen LogP contribution in [0.3, 0.4) is 0 Å². The quantitative estimate of drug-likeness (QED) is 0.589. The Labute approximate surface area is 81.6 Å². The first-order valence-corrected chi connectivity index (χ1v) is 4.68. The molecule has 0 spiro atoms. The molecule has 0 bridgehead atoms. The molecule has 0 saturated carbocycles. The van der Waals surface area contributed by atoms with Crippen LogP contribution in [-0.2, 0) is 0 Å². The van der Waals surface area contributed by atoms with Gasteiger partial charge in [0.2, 0.25) is 0 Å². The summed E-state index contributed by atoms with van der Waals surface area (Å²) in [5.41, 5.74) is 2.51. The highest BCUT2D eigenvalue weighted by Gasteiger charge is 1.83. The lowest BCUT2D eigenvalue weighted by Crippen LogP contribution is -1.72. The predicted octanol–water partition coefficient (Wildman–Crippen LogP) is 4.22. The van der Waals surface area contributed by atoms with Crippen molar-refractivity contribution in [1.82, 2.24) is 0 Å². The molecule has 0 heteroatoms. The largest absolute Gasteiger partial charge is 0.0991 e. The highest BCUT2D eigenvalue weighted by Crippen LogP contribution is 2.04. The molecule has 0 N–H and O–H groups in total. The van der Waals surface area contributed by atoms with Crippen molar-refractivity contribution in [3.8, 4) is 0 Å². The molecule has 0 unspecified atom stereocenters. The molecule has 0 amide bonds. The van der Waals surface area contributed by atoms with Crippen LogP contribution < -0.4 is 0 Å². The number of hydrogen-bond acceptors (Lipinski definition) is 0. The van der Waals surface area contributed by atoms with E-state index in [0.717, 1.165) is 0 Å². The number of aryl methyl sites for hydroxylation is 1. The fourth-order valence-electron chi connectivity index (χ4n) is 0.857. The SMILES string of the molecule is C=C/C=C/c1ccc(C)cc1.CC. The topological polar surface area (TPSA) is 0 Å². The van der Waals surface area contributed by atoms with E-state index in [1.807, 2.05) is 26.0 Å². The van der Waals surface area contributed by atoms with Gasteiger partial charge in [0.05, 0.1) is 0 Å². The van der Waals surface area contributed by atoms with Crippen LogP contribution in [0.25, 0.3) is 6.08 Å². The van der Waals surface area contributed by atoms with Crippen molar-refractivity contribution in [1.29, 1.82) is 0 Å². The zero-order chi connectivity index (χ0) is 10.1. The molecular formula is C13H18. The van der Waals surface area contributed by atoms with Gasteiger partial charge in [-0.3, -0.25) is 0 Å². The molecule has 0 nitrogen and oxygen atoms in total. The van der Waals surface area contributed by atoms with Crippen molar-refractivity contribution in [3.63, 3.8) is 0 Å². The number of benzene rings is 1. The zero-order valence-corrected chi connectivity index (χ0v) is 8.75. The normalized spacial score (nSPS) is 9.15. The number of allylic oxidation sites excluding steroid dienone is 2. The molecule has 0 saturated heterocycles. The monoisotopic (exact) mass is 174 g/mol. The van der Waals surface area contributed by atoms with E-state index in [-0.39, 0.29) is 0 Å². The minimum atomic E-state index is 1.22. The van der Waals surface area contributed by atoms with E-state index in [1.165, 1.54) is 11.1 Å². The average molecular weight is 174 g/mol. The summed E-state index contributed by atoms with van der Waals surface area (Å²) >= 11 is 0. The molecule has 1 aromatic carbocycles. The molecule has 0 aliphatic heterocycles. The lowest BCUT2D eigenvalue weighted by atomic mass is 10.1. The summed E-state index contributed by atoms with van der Waals surface area (Å²) in [6.07, 6.45) is 5.75. The highest BCUT2D eigenvalue weighted by molar-refractivity contribution is 5.51. The molecule has 0 radical (unpaired) electrons. The van der Waals surface area contributed by atoms with Gasteiger partial charge in [0, 0.05) is 0 Å². The molecule has 70 valence electrons. The zero-order valence-electron chi connectivity index (χ0n) is 8.75. The summed E-state index contributed by atoms with van der Waals surface area (Å²) in [5, 5.41) is 0. The van der Waals surface area contributed by atoms with Crippen LogP contribution >= 0.6 is 0 Å². The van der Waals surface area contributed by atoms with Gasteiger partial charge < -0.3 is 0 Å². The van der Waals surface area contributed by atoms with Gasteiger partial charge in [-0.2, -0.15) is 0 Å². The van der Waals surface area contributed by atoms with Gasteiger partial charge in [-0.25, -0.2) is 0 Å². The maximum atomic E-state index is 3.61. The Morgan fingerprint density at radius 3 is 2.08 bits per heavy atom. The maximum Gasteiger partial charge on any atom is -0.0256 e. The van der Waals surface area contributed by atoms with E-state index in [0.29, 0.717) is 0 Å². The summed E-state index contributed by atoms with van der Waals surface area (Å²) in [7, 11) is 0. The Morgan fingerprint density at radius 2 is 1.62 bits per heavy atom. The third kappa shape index (κ3) is 5.02. The van der Waals surface area contributed by atoms with Crippen molar-refractivity contribution in [2.75, 3.05) is 0 Å². The second-order valence-electron chi connectivity index (χ2n) is 2.51. The van der Waals surface area contributed by atoms with E-state index in [2.05, 4.69) is 37.8 Å². The van der Waals surface area contributed by atoms with Crippen molar-refractivity contribution in [2.24, 2.45) is 0 Å². The first kappa shape index (κ1) is 11.7. The minimum absolute atomic E-state index is 1.22. The van der Waals surface area contributed by atoms with Crippen molar-refractivity contribution < 1.29 is 0 Å². The number of hydrogen-bond donors (Lipinski definition) is 0. The van der Waals surface area contributed by atoms with Crippen LogP contribution in [0.15, 0.2) is 43.0 Å². The maximum absolute atomic E-state index is 3.61. The Kier molecular flexibility index (Phi) is 6.62. The standard InChI is InChI=1S/C11H12.C2H6/c1-3-4-5-11-8-6-10(2)7-9-11;1-2/h3-9H,1H2,2H3;1-2H3/b5-4+;. The van der Waals surface area contributed by atoms with E-state index in [4.69, 9.17) is 0 Å². The summed E-state index contributed by atoms with van der Waals surface area (Å²) < 4.78 is 0. The molecule has 0 aliphatic rings. The van der Waals surface area contributed by atoms with Crippen LogP contribution in [-0.4, -0.2) is 0 Å². The lowest BCUT2D eigenvalue weighted by molar-refractivity contribution is 1.46. The van der Waals surface area contributed by atoms with Gasteiger partial charge in [0.1, 0.15) is 0 Å². The first-order valence-electron chi connectivity index (χ1n) is 4.68. The molecule has 0 fully saturated rings. The number of rotatable bonds is 2. The third-order valence-electron chi connectivity index (χ3n) is 1.50. The van der Waals surface area contributed by atoms with Gasteiger partial charge in [-0.1, -0.05) is 68.5 Å². The second-order valence-corrected chi connectivity index (χ2v) is 2.51. The summed E-state index contributed by atoms with van der Waals surface area (Å²) in [5.74, 6) is 0. The fourth-order valence-corrected chi connectivity index (χ4v) is 0.857. The van der Waals surface area contributed by atoms with Gasteiger partial charge in [0.15, 0.2) is 0 Å². The van der Waals surface area contributed by atoms with Crippen molar-refractivity contribution in [2.45, 2.75) is 20.8 Å². The molecule has 0 aliphatic carbocycles. The lowest BCUT2D eigenvalue weighted by Gasteiger charge is -1.92. The molecule has 1 rings (SSSR count). The minimum Gasteiger partial charge on any atom is -0.0991 e. The first-order chi connectivity index (χ1) is 6.33. The van der Waals surface area contributed by atoms with E-state index in [9.17, 15) is 0 Å². The van der Waals surface area contributed by atoms with Crippen LogP contribution in [0.2, 0.25) is 0 Å².